The smallest absolute Gasteiger partial charge is 0.246 e. The van der Waals surface area contributed by atoms with Crippen LogP contribution in [0.15, 0.2) is 132 Å². The second-order valence-corrected chi connectivity index (χ2v) is 11.8. The minimum atomic E-state index is 0.537. The number of oxazole rings is 1. The Balaban J connectivity index is 1.22. The lowest BCUT2D eigenvalue weighted by molar-refractivity contribution is 0.617. The zero-order chi connectivity index (χ0) is 28.5. The van der Waals surface area contributed by atoms with Crippen molar-refractivity contribution in [3.05, 3.63) is 128 Å². The average Bonchev–Trinajstić information content (AvgIpc) is 3.63. The summed E-state index contributed by atoms with van der Waals surface area (Å²) in [5, 5.41) is 12.6. The molecule has 0 bridgehead atoms. The van der Waals surface area contributed by atoms with Crippen LogP contribution < -0.4 is 0 Å². The number of benzene rings is 7. The molecule has 4 heteroatoms. The molecule has 10 aromatic rings. The number of pyridine rings is 1. The molecule has 0 saturated heterocycles. The van der Waals surface area contributed by atoms with Gasteiger partial charge in [0.25, 0.3) is 0 Å². The van der Waals surface area contributed by atoms with Crippen LogP contribution in [0.5, 0.6) is 0 Å². The van der Waals surface area contributed by atoms with Crippen molar-refractivity contribution in [1.82, 2.24) is 14.5 Å². The van der Waals surface area contributed by atoms with Gasteiger partial charge < -0.3 is 8.98 Å². The fraction of sp³-hybridized carbons (Fsp3) is 0. The third-order valence-corrected chi connectivity index (χ3v) is 9.53. The Morgan fingerprint density at radius 3 is 1.93 bits per heavy atom. The quantitative estimate of drug-likeness (QED) is 0.198. The van der Waals surface area contributed by atoms with E-state index in [2.05, 4.69) is 107 Å². The zero-order valence-corrected chi connectivity index (χ0v) is 23.4. The van der Waals surface area contributed by atoms with Crippen LogP contribution in [0, 0.1) is 0 Å². The standard InChI is InChI=1S/C40H21N3O/c1-2-10-34-30(9-1)42-40(44-34)31-20-25-13-16-27(19-26(25)21-41-31)43-32-17-14-23-6-4-8-29-28-7-3-5-22-11-12-24-15-18-33(43)39(37(24)35(22)28)38(32)36(23)29/h1-21H. The van der Waals surface area contributed by atoms with E-state index in [1.54, 1.807) is 0 Å². The van der Waals surface area contributed by atoms with Crippen molar-refractivity contribution < 1.29 is 4.42 Å². The Morgan fingerprint density at radius 2 is 1.16 bits per heavy atom. The first kappa shape index (κ1) is 22.6. The van der Waals surface area contributed by atoms with E-state index < -0.39 is 0 Å². The van der Waals surface area contributed by atoms with Gasteiger partial charge in [-0.2, -0.15) is 0 Å². The molecule has 0 fully saturated rings. The lowest BCUT2D eigenvalue weighted by Gasteiger charge is -2.14. The summed E-state index contributed by atoms with van der Waals surface area (Å²) >= 11 is 0. The Labute approximate surface area is 250 Å². The summed E-state index contributed by atoms with van der Waals surface area (Å²) in [6.07, 6.45) is 1.93. The molecule has 0 aliphatic heterocycles. The fourth-order valence-corrected chi connectivity index (χ4v) is 7.65. The molecule has 1 aliphatic carbocycles. The highest BCUT2D eigenvalue weighted by Crippen LogP contribution is 2.49. The molecule has 0 atom stereocenters. The van der Waals surface area contributed by atoms with Crippen LogP contribution in [0.4, 0.5) is 0 Å². The summed E-state index contributed by atoms with van der Waals surface area (Å²) in [7, 11) is 0. The number of hydrogen-bond acceptors (Lipinski definition) is 3. The lowest BCUT2D eigenvalue weighted by atomic mass is 9.93. The van der Waals surface area contributed by atoms with Crippen molar-refractivity contribution in [1.29, 1.82) is 0 Å². The van der Waals surface area contributed by atoms with Gasteiger partial charge in [0.2, 0.25) is 5.89 Å². The Hall–Kier alpha value is -6.00. The van der Waals surface area contributed by atoms with E-state index in [0.717, 1.165) is 33.3 Å². The zero-order valence-electron chi connectivity index (χ0n) is 23.4. The highest BCUT2D eigenvalue weighted by atomic mass is 16.3. The number of fused-ring (bicyclic) bond motifs is 3. The normalized spacial score (nSPS) is 12.5. The van der Waals surface area contributed by atoms with E-state index in [1.807, 2.05) is 30.5 Å². The maximum Gasteiger partial charge on any atom is 0.246 e. The van der Waals surface area contributed by atoms with E-state index in [0.29, 0.717) is 5.89 Å². The largest absolute Gasteiger partial charge is 0.435 e. The van der Waals surface area contributed by atoms with Crippen LogP contribution in [-0.2, 0) is 0 Å². The van der Waals surface area contributed by atoms with Gasteiger partial charge in [-0.15, -0.1) is 0 Å². The molecule has 44 heavy (non-hydrogen) atoms. The molecule has 7 aromatic carbocycles. The van der Waals surface area contributed by atoms with Gasteiger partial charge in [0.1, 0.15) is 11.2 Å². The number of rotatable bonds is 2. The van der Waals surface area contributed by atoms with Gasteiger partial charge in [-0.1, -0.05) is 78.9 Å². The molecule has 0 N–H and O–H groups in total. The lowest BCUT2D eigenvalue weighted by Crippen LogP contribution is -1.95. The fourth-order valence-electron chi connectivity index (χ4n) is 7.65. The molecule has 0 radical (unpaired) electrons. The Kier molecular flexibility index (Phi) is 4.04. The minimum absolute atomic E-state index is 0.537. The van der Waals surface area contributed by atoms with Crippen LogP contribution in [0.3, 0.4) is 0 Å². The van der Waals surface area contributed by atoms with Crippen molar-refractivity contribution in [2.75, 3.05) is 0 Å². The second-order valence-electron chi connectivity index (χ2n) is 11.8. The summed E-state index contributed by atoms with van der Waals surface area (Å²) in [5.41, 5.74) is 8.50. The van der Waals surface area contributed by atoms with Crippen LogP contribution in [0.2, 0.25) is 0 Å². The van der Waals surface area contributed by atoms with Crippen LogP contribution >= 0.6 is 0 Å². The van der Waals surface area contributed by atoms with E-state index >= 15 is 0 Å². The van der Waals surface area contributed by atoms with E-state index in [-0.39, 0.29) is 0 Å². The van der Waals surface area contributed by atoms with Crippen LogP contribution in [0.1, 0.15) is 0 Å². The summed E-state index contributed by atoms with van der Waals surface area (Å²) < 4.78 is 8.44. The molecular weight excluding hydrogens is 538 g/mol. The molecule has 0 spiro atoms. The Morgan fingerprint density at radius 1 is 0.500 bits per heavy atom. The van der Waals surface area contributed by atoms with Gasteiger partial charge in [0.15, 0.2) is 5.58 Å². The molecule has 11 rings (SSSR count). The van der Waals surface area contributed by atoms with E-state index in [4.69, 9.17) is 9.40 Å². The third kappa shape index (κ3) is 2.78. The second kappa shape index (κ2) is 7.88. The average molecular weight is 560 g/mol. The van der Waals surface area contributed by atoms with Crippen LogP contribution in [0.25, 0.3) is 104 Å². The van der Waals surface area contributed by atoms with E-state index in [9.17, 15) is 0 Å². The van der Waals surface area contributed by atoms with Gasteiger partial charge >= 0.3 is 0 Å². The molecular formula is C40H21N3O. The molecule has 0 unspecified atom stereocenters. The van der Waals surface area contributed by atoms with Crippen molar-refractivity contribution in [3.63, 3.8) is 0 Å². The summed E-state index contributed by atoms with van der Waals surface area (Å²) in [5.74, 6) is 0.537. The molecule has 4 nitrogen and oxygen atoms in total. The molecule has 3 aromatic heterocycles. The topological polar surface area (TPSA) is 43.9 Å². The Bertz CT molecular complexity index is 2860. The number of nitrogens with zero attached hydrogens (tertiary/aromatic N) is 3. The first-order chi connectivity index (χ1) is 21.8. The molecule has 0 amide bonds. The summed E-state index contributed by atoms with van der Waals surface area (Å²) in [4.78, 5) is 9.43. The maximum absolute atomic E-state index is 6.01. The predicted molar refractivity (Wildman–Crippen MR) is 181 cm³/mol. The summed E-state index contributed by atoms with van der Waals surface area (Å²) in [6.45, 7) is 0. The number of para-hydroxylation sites is 2. The van der Waals surface area contributed by atoms with Crippen molar-refractivity contribution in [2.45, 2.75) is 0 Å². The summed E-state index contributed by atoms with van der Waals surface area (Å²) in [6, 6.07) is 43.7. The highest BCUT2D eigenvalue weighted by Gasteiger charge is 2.24. The van der Waals surface area contributed by atoms with Crippen LogP contribution in [-0.4, -0.2) is 14.5 Å². The van der Waals surface area contributed by atoms with Gasteiger partial charge in [-0.25, -0.2) is 4.98 Å². The first-order valence-electron chi connectivity index (χ1n) is 14.9. The monoisotopic (exact) mass is 559 g/mol. The van der Waals surface area contributed by atoms with Gasteiger partial charge in [-0.3, -0.25) is 4.98 Å². The third-order valence-electron chi connectivity index (χ3n) is 9.53. The molecule has 3 heterocycles. The molecule has 202 valence electrons. The van der Waals surface area contributed by atoms with E-state index in [1.165, 1.54) is 65.3 Å². The first-order valence-corrected chi connectivity index (χ1v) is 14.9. The van der Waals surface area contributed by atoms with Crippen molar-refractivity contribution >= 4 is 76.0 Å². The number of aromatic nitrogens is 3. The van der Waals surface area contributed by atoms with Gasteiger partial charge in [0.05, 0.1) is 11.0 Å². The van der Waals surface area contributed by atoms with Gasteiger partial charge in [0, 0.05) is 33.4 Å². The minimum Gasteiger partial charge on any atom is -0.435 e. The van der Waals surface area contributed by atoms with Gasteiger partial charge in [-0.05, 0) is 85.9 Å². The number of hydrogen-bond donors (Lipinski definition) is 0. The molecule has 1 aliphatic rings. The highest BCUT2D eigenvalue weighted by molar-refractivity contribution is 6.38. The predicted octanol–water partition coefficient (Wildman–Crippen LogP) is 10.6. The maximum atomic E-state index is 6.01. The SMILES string of the molecule is c1cc2c3c(c1)ccc1ccc4c(c13)c1c3c-2cccc3ccc1n4-c1ccc2cc(-c3nc4ccccc4o3)ncc2c1. The molecule has 0 saturated carbocycles. The van der Waals surface area contributed by atoms with Crippen molar-refractivity contribution in [3.8, 4) is 28.4 Å². The van der Waals surface area contributed by atoms with Crippen molar-refractivity contribution in [2.24, 2.45) is 0 Å².